The lowest BCUT2D eigenvalue weighted by atomic mass is 10.2. The number of nitrogens with zero attached hydrogens (tertiary/aromatic N) is 1. The van der Waals surface area contributed by atoms with E-state index in [9.17, 15) is 4.79 Å². The van der Waals surface area contributed by atoms with Gasteiger partial charge in [-0.25, -0.2) is 4.98 Å². The van der Waals surface area contributed by atoms with E-state index in [1.165, 1.54) is 0 Å². The molecule has 0 saturated heterocycles. The van der Waals surface area contributed by atoms with Gasteiger partial charge in [0.2, 0.25) is 5.91 Å². The van der Waals surface area contributed by atoms with Gasteiger partial charge in [0.15, 0.2) is 0 Å². The molecule has 0 fully saturated rings. The summed E-state index contributed by atoms with van der Waals surface area (Å²) in [5, 5.41) is 2.82. The Labute approximate surface area is 136 Å². The van der Waals surface area contributed by atoms with E-state index in [4.69, 9.17) is 5.73 Å². The lowest BCUT2D eigenvalue weighted by Gasteiger charge is -2.03. The van der Waals surface area contributed by atoms with Crippen LogP contribution in [0.15, 0.2) is 18.2 Å². The van der Waals surface area contributed by atoms with Crippen molar-refractivity contribution in [2.45, 2.75) is 32.6 Å². The van der Waals surface area contributed by atoms with Crippen LogP contribution in [-0.4, -0.2) is 22.4 Å². The van der Waals surface area contributed by atoms with E-state index in [0.29, 0.717) is 13.0 Å². The third-order valence-corrected chi connectivity index (χ3v) is 2.95. The Morgan fingerprint density at radius 3 is 2.81 bits per heavy atom. The number of aromatic nitrogens is 2. The number of carbonyl (C=O) groups is 1. The molecule has 0 unspecified atom stereocenters. The van der Waals surface area contributed by atoms with Gasteiger partial charge in [-0.2, -0.15) is 0 Å². The molecule has 5 nitrogen and oxygen atoms in total. The average Bonchev–Trinajstić information content (AvgIpc) is 2.78. The van der Waals surface area contributed by atoms with Crippen LogP contribution in [0.4, 0.5) is 5.69 Å². The second kappa shape index (κ2) is 9.60. The van der Waals surface area contributed by atoms with Gasteiger partial charge in [-0.1, -0.05) is 13.3 Å². The van der Waals surface area contributed by atoms with Crippen molar-refractivity contribution in [1.29, 1.82) is 0 Å². The first-order chi connectivity index (χ1) is 9.22. The van der Waals surface area contributed by atoms with Gasteiger partial charge in [-0.3, -0.25) is 4.79 Å². The lowest BCUT2D eigenvalue weighted by molar-refractivity contribution is -0.116. The Morgan fingerprint density at radius 1 is 1.38 bits per heavy atom. The van der Waals surface area contributed by atoms with Crippen LogP contribution in [-0.2, 0) is 11.2 Å². The maximum absolute atomic E-state index is 11.5. The topological polar surface area (TPSA) is 83.8 Å². The van der Waals surface area contributed by atoms with Crippen molar-refractivity contribution in [3.05, 3.63) is 24.0 Å². The number of aryl methyl sites for hydroxylation is 1. The molecule has 2 aromatic rings. The summed E-state index contributed by atoms with van der Waals surface area (Å²) in [6.07, 6.45) is 3.57. The smallest absolute Gasteiger partial charge is 0.225 e. The predicted molar refractivity (Wildman–Crippen MR) is 91.5 cm³/mol. The predicted octanol–water partition coefficient (Wildman–Crippen LogP) is 3.04. The Morgan fingerprint density at radius 2 is 2.14 bits per heavy atom. The molecule has 0 atom stereocenters. The van der Waals surface area contributed by atoms with Crippen molar-refractivity contribution in [3.8, 4) is 0 Å². The molecule has 7 heteroatoms. The zero-order valence-electron chi connectivity index (χ0n) is 12.0. The average molecular weight is 333 g/mol. The van der Waals surface area contributed by atoms with Crippen molar-refractivity contribution in [2.75, 3.05) is 11.9 Å². The quantitative estimate of drug-likeness (QED) is 0.760. The molecule has 21 heavy (non-hydrogen) atoms. The summed E-state index contributed by atoms with van der Waals surface area (Å²) >= 11 is 0. The first kappa shape index (κ1) is 19.7. The number of imidazole rings is 1. The molecule has 0 radical (unpaired) electrons. The number of hydrogen-bond acceptors (Lipinski definition) is 3. The maximum atomic E-state index is 11.5. The minimum absolute atomic E-state index is 0. The molecular formula is C14H22Cl2N4O. The van der Waals surface area contributed by atoms with Gasteiger partial charge >= 0.3 is 0 Å². The number of fused-ring (bicyclic) bond motifs is 1. The molecular weight excluding hydrogens is 311 g/mol. The summed E-state index contributed by atoms with van der Waals surface area (Å²) in [6.45, 7) is 2.52. The molecule has 0 bridgehead atoms. The molecule has 118 valence electrons. The van der Waals surface area contributed by atoms with Crippen LogP contribution in [0.5, 0.6) is 0 Å². The third-order valence-electron chi connectivity index (χ3n) is 2.95. The van der Waals surface area contributed by atoms with Crippen molar-refractivity contribution in [2.24, 2.45) is 5.73 Å². The molecule has 0 spiro atoms. The van der Waals surface area contributed by atoms with Gasteiger partial charge in [0, 0.05) is 25.1 Å². The number of anilines is 1. The molecule has 1 amide bonds. The van der Waals surface area contributed by atoms with E-state index in [1.807, 2.05) is 18.2 Å². The van der Waals surface area contributed by atoms with Crippen LogP contribution in [0.2, 0.25) is 0 Å². The minimum Gasteiger partial charge on any atom is -0.342 e. The second-order valence-electron chi connectivity index (χ2n) is 4.61. The van der Waals surface area contributed by atoms with E-state index >= 15 is 0 Å². The number of amides is 1. The number of aromatic amines is 1. The molecule has 0 aliphatic rings. The first-order valence-electron chi connectivity index (χ1n) is 6.71. The first-order valence-corrected chi connectivity index (χ1v) is 6.71. The molecule has 1 aromatic carbocycles. The van der Waals surface area contributed by atoms with Crippen LogP contribution in [0.25, 0.3) is 11.0 Å². The molecule has 1 heterocycles. The second-order valence-corrected chi connectivity index (χ2v) is 4.61. The number of hydrogen-bond donors (Lipinski definition) is 3. The summed E-state index contributed by atoms with van der Waals surface area (Å²) in [6, 6.07) is 5.69. The van der Waals surface area contributed by atoms with Gasteiger partial charge in [0.1, 0.15) is 5.82 Å². The van der Waals surface area contributed by atoms with E-state index < -0.39 is 0 Å². The number of unbranched alkanes of at least 4 members (excludes halogenated alkanes) is 1. The number of H-pyrrole nitrogens is 1. The zero-order valence-corrected chi connectivity index (χ0v) is 13.6. The number of nitrogens with one attached hydrogen (secondary N) is 2. The van der Waals surface area contributed by atoms with Gasteiger partial charge in [-0.05, 0) is 24.6 Å². The van der Waals surface area contributed by atoms with Gasteiger partial charge < -0.3 is 16.0 Å². The van der Waals surface area contributed by atoms with E-state index in [1.54, 1.807) is 0 Å². The summed E-state index contributed by atoms with van der Waals surface area (Å²) in [5.74, 6) is 0.940. The maximum Gasteiger partial charge on any atom is 0.225 e. The Hall–Kier alpha value is -1.30. The van der Waals surface area contributed by atoms with Crippen LogP contribution in [0.3, 0.4) is 0 Å². The van der Waals surface area contributed by atoms with Crippen molar-refractivity contribution < 1.29 is 4.79 Å². The fourth-order valence-electron chi connectivity index (χ4n) is 1.96. The highest BCUT2D eigenvalue weighted by Crippen LogP contribution is 2.18. The Kier molecular flexibility index (Phi) is 9.01. The highest BCUT2D eigenvalue weighted by molar-refractivity contribution is 5.93. The number of carbonyl (C=O) groups excluding carboxylic acids is 1. The number of nitrogens with two attached hydrogens (primary N) is 1. The van der Waals surface area contributed by atoms with Crippen LogP contribution < -0.4 is 11.1 Å². The SMILES string of the molecule is CCCCc1nc2ccc(NC(=O)CCN)cc2[nH]1.Cl.Cl. The molecule has 1 aromatic heterocycles. The number of halogens is 2. The summed E-state index contributed by atoms with van der Waals surface area (Å²) in [4.78, 5) is 19.3. The Bertz CT molecular complexity index is 571. The zero-order chi connectivity index (χ0) is 13.7. The van der Waals surface area contributed by atoms with Crippen molar-refractivity contribution in [1.82, 2.24) is 9.97 Å². The fourth-order valence-corrected chi connectivity index (χ4v) is 1.96. The molecule has 0 saturated carbocycles. The highest BCUT2D eigenvalue weighted by atomic mass is 35.5. The summed E-state index contributed by atoms with van der Waals surface area (Å²) in [5.41, 5.74) is 8.01. The summed E-state index contributed by atoms with van der Waals surface area (Å²) < 4.78 is 0. The van der Waals surface area contributed by atoms with Gasteiger partial charge in [0.05, 0.1) is 11.0 Å². The number of rotatable bonds is 6. The van der Waals surface area contributed by atoms with E-state index in [0.717, 1.165) is 41.8 Å². The molecule has 4 N–H and O–H groups in total. The Balaban J connectivity index is 0.00000200. The van der Waals surface area contributed by atoms with Crippen LogP contribution in [0, 0.1) is 0 Å². The minimum atomic E-state index is -0.0624. The van der Waals surface area contributed by atoms with Crippen molar-refractivity contribution >= 4 is 47.4 Å². The van der Waals surface area contributed by atoms with Crippen LogP contribution >= 0.6 is 24.8 Å². The lowest BCUT2D eigenvalue weighted by Crippen LogP contribution is -2.16. The largest absolute Gasteiger partial charge is 0.342 e. The summed E-state index contributed by atoms with van der Waals surface area (Å²) in [7, 11) is 0. The standard InChI is InChI=1S/C14H20N4O.2ClH/c1-2-3-4-13-17-11-6-5-10(9-12(11)18-13)16-14(19)7-8-15;;/h5-6,9H,2-4,7-8,15H2,1H3,(H,16,19)(H,17,18);2*1H. The normalized spacial score (nSPS) is 9.81. The monoisotopic (exact) mass is 332 g/mol. The van der Waals surface area contributed by atoms with Crippen LogP contribution in [0.1, 0.15) is 32.0 Å². The van der Waals surface area contributed by atoms with Gasteiger partial charge in [0.25, 0.3) is 0 Å². The molecule has 0 aliphatic heterocycles. The number of benzene rings is 1. The van der Waals surface area contributed by atoms with Crippen molar-refractivity contribution in [3.63, 3.8) is 0 Å². The third kappa shape index (κ3) is 5.53. The van der Waals surface area contributed by atoms with E-state index in [2.05, 4.69) is 22.2 Å². The molecule has 2 rings (SSSR count). The highest BCUT2D eigenvalue weighted by Gasteiger charge is 2.05. The van der Waals surface area contributed by atoms with Gasteiger partial charge in [-0.15, -0.1) is 24.8 Å². The van der Waals surface area contributed by atoms with E-state index in [-0.39, 0.29) is 30.7 Å². The fraction of sp³-hybridized carbons (Fsp3) is 0.429. The molecule has 0 aliphatic carbocycles.